The summed E-state index contributed by atoms with van der Waals surface area (Å²) in [7, 11) is 1.90. The number of nitrogens with zero attached hydrogens (tertiary/aromatic N) is 2. The van der Waals surface area contributed by atoms with E-state index in [2.05, 4.69) is 5.32 Å². The summed E-state index contributed by atoms with van der Waals surface area (Å²) in [4.78, 5) is 28.7. The number of ether oxygens (including phenoxy) is 1. The zero-order valence-corrected chi connectivity index (χ0v) is 15.6. The van der Waals surface area contributed by atoms with E-state index in [1.165, 1.54) is 11.3 Å². The molecule has 0 unspecified atom stereocenters. The Morgan fingerprint density at radius 2 is 1.73 bits per heavy atom. The van der Waals surface area contributed by atoms with E-state index in [4.69, 9.17) is 4.74 Å². The van der Waals surface area contributed by atoms with Crippen molar-refractivity contribution in [1.82, 2.24) is 15.1 Å². The molecule has 0 radical (unpaired) electrons. The second-order valence-corrected chi connectivity index (χ2v) is 7.40. The standard InChI is InChI=1S/C20H29N3O3/c1-22(14-15-26-17-10-6-5-7-11-17)16-23-18(24)20(21-19(23)25)12-8-3-2-4-9-13-20/h5-7,10-11H,2-4,8-9,12-16H2,1H3,(H,21,25). The molecule has 142 valence electrons. The maximum absolute atomic E-state index is 13.0. The third-order valence-electron chi connectivity index (χ3n) is 5.32. The molecule has 6 nitrogen and oxygen atoms in total. The molecule has 2 aliphatic rings. The number of likely N-dealkylation sites (N-methyl/N-ethyl adjacent to an activating group) is 1. The number of carbonyl (C=O) groups is 2. The summed E-state index contributed by atoms with van der Waals surface area (Å²) >= 11 is 0. The van der Waals surface area contributed by atoms with Crippen LogP contribution in [0.1, 0.15) is 44.9 Å². The molecule has 1 N–H and O–H groups in total. The fraction of sp³-hybridized carbons (Fsp3) is 0.600. The van der Waals surface area contributed by atoms with Gasteiger partial charge in [-0.15, -0.1) is 0 Å². The van der Waals surface area contributed by atoms with Crippen molar-refractivity contribution in [3.63, 3.8) is 0 Å². The average Bonchev–Trinajstić information content (AvgIpc) is 2.84. The lowest BCUT2D eigenvalue weighted by Crippen LogP contribution is -2.48. The van der Waals surface area contributed by atoms with Crippen molar-refractivity contribution in [3.05, 3.63) is 30.3 Å². The summed E-state index contributed by atoms with van der Waals surface area (Å²) in [6, 6.07) is 9.38. The molecule has 0 bridgehead atoms. The Hall–Kier alpha value is -2.08. The van der Waals surface area contributed by atoms with Crippen LogP contribution in [0, 0.1) is 0 Å². The van der Waals surface area contributed by atoms with Crippen LogP contribution in [-0.2, 0) is 4.79 Å². The van der Waals surface area contributed by atoms with E-state index >= 15 is 0 Å². The molecular weight excluding hydrogens is 330 g/mol. The molecule has 1 aromatic rings. The second-order valence-electron chi connectivity index (χ2n) is 7.40. The largest absolute Gasteiger partial charge is 0.492 e. The highest BCUT2D eigenvalue weighted by Gasteiger charge is 2.50. The third kappa shape index (κ3) is 4.36. The summed E-state index contributed by atoms with van der Waals surface area (Å²) in [6.45, 7) is 1.44. The number of rotatable bonds is 6. The molecule has 1 spiro atoms. The number of benzene rings is 1. The minimum Gasteiger partial charge on any atom is -0.492 e. The average molecular weight is 359 g/mol. The van der Waals surface area contributed by atoms with Gasteiger partial charge < -0.3 is 10.1 Å². The van der Waals surface area contributed by atoms with Crippen molar-refractivity contribution in [2.24, 2.45) is 0 Å². The lowest BCUT2D eigenvalue weighted by atomic mass is 9.84. The van der Waals surface area contributed by atoms with Crippen LogP contribution in [0.5, 0.6) is 5.75 Å². The predicted molar refractivity (Wildman–Crippen MR) is 99.9 cm³/mol. The Balaban J connectivity index is 1.52. The fourth-order valence-electron chi connectivity index (χ4n) is 3.80. The summed E-state index contributed by atoms with van der Waals surface area (Å²) in [6.07, 6.45) is 7.03. The Morgan fingerprint density at radius 3 is 2.42 bits per heavy atom. The summed E-state index contributed by atoms with van der Waals surface area (Å²) in [5, 5.41) is 3.00. The molecule has 1 saturated heterocycles. The highest BCUT2D eigenvalue weighted by Crippen LogP contribution is 2.32. The van der Waals surface area contributed by atoms with Gasteiger partial charge in [0.25, 0.3) is 5.91 Å². The van der Waals surface area contributed by atoms with E-state index in [0.717, 1.165) is 44.3 Å². The molecule has 26 heavy (non-hydrogen) atoms. The topological polar surface area (TPSA) is 61.9 Å². The molecule has 0 aromatic heterocycles. The molecular formula is C20H29N3O3. The van der Waals surface area contributed by atoms with Crippen molar-refractivity contribution in [3.8, 4) is 5.75 Å². The van der Waals surface area contributed by atoms with Crippen LogP contribution in [0.15, 0.2) is 30.3 Å². The van der Waals surface area contributed by atoms with Gasteiger partial charge in [0.15, 0.2) is 0 Å². The monoisotopic (exact) mass is 359 g/mol. The minimum absolute atomic E-state index is 0.0553. The van der Waals surface area contributed by atoms with Gasteiger partial charge >= 0.3 is 6.03 Å². The predicted octanol–water partition coefficient (Wildman–Crippen LogP) is 2.99. The van der Waals surface area contributed by atoms with Gasteiger partial charge in [0.1, 0.15) is 17.9 Å². The van der Waals surface area contributed by atoms with Crippen LogP contribution in [-0.4, -0.2) is 54.1 Å². The number of amides is 3. The maximum Gasteiger partial charge on any atom is 0.326 e. The second kappa shape index (κ2) is 8.54. The van der Waals surface area contributed by atoms with E-state index in [1.54, 1.807) is 0 Å². The minimum atomic E-state index is -0.668. The SMILES string of the molecule is CN(CCOc1ccccc1)CN1C(=O)NC2(CCCCCCC2)C1=O. The molecule has 2 fully saturated rings. The van der Waals surface area contributed by atoms with Gasteiger partial charge in [-0.1, -0.05) is 50.3 Å². The number of urea groups is 1. The van der Waals surface area contributed by atoms with E-state index in [1.807, 2.05) is 42.3 Å². The summed E-state index contributed by atoms with van der Waals surface area (Å²) < 4.78 is 5.69. The lowest BCUT2D eigenvalue weighted by Gasteiger charge is -2.29. The Kier molecular flexibility index (Phi) is 6.14. The zero-order chi connectivity index (χ0) is 18.4. The molecule has 1 aliphatic carbocycles. The first-order chi connectivity index (χ1) is 12.6. The van der Waals surface area contributed by atoms with Crippen LogP contribution in [0.25, 0.3) is 0 Å². The third-order valence-corrected chi connectivity index (χ3v) is 5.32. The Morgan fingerprint density at radius 1 is 1.08 bits per heavy atom. The van der Waals surface area contributed by atoms with E-state index in [9.17, 15) is 9.59 Å². The van der Waals surface area contributed by atoms with Crippen molar-refractivity contribution in [2.75, 3.05) is 26.9 Å². The van der Waals surface area contributed by atoms with Gasteiger partial charge in [-0.25, -0.2) is 9.69 Å². The van der Waals surface area contributed by atoms with Gasteiger partial charge in [0, 0.05) is 6.54 Å². The number of para-hydroxylation sites is 1. The van der Waals surface area contributed by atoms with Gasteiger partial charge in [0.05, 0.1) is 6.67 Å². The first-order valence-electron chi connectivity index (χ1n) is 9.61. The number of hydrogen-bond donors (Lipinski definition) is 1. The first-order valence-corrected chi connectivity index (χ1v) is 9.61. The van der Waals surface area contributed by atoms with Crippen LogP contribution in [0.4, 0.5) is 4.79 Å². The normalized spacial score (nSPS) is 20.2. The van der Waals surface area contributed by atoms with Crippen molar-refractivity contribution >= 4 is 11.9 Å². The lowest BCUT2D eigenvalue weighted by molar-refractivity contribution is -0.133. The summed E-state index contributed by atoms with van der Waals surface area (Å²) in [5.74, 6) is 0.768. The molecule has 1 saturated carbocycles. The van der Waals surface area contributed by atoms with E-state index in [0.29, 0.717) is 19.8 Å². The van der Waals surface area contributed by atoms with Crippen LogP contribution >= 0.6 is 0 Å². The molecule has 3 amide bonds. The van der Waals surface area contributed by atoms with Crippen molar-refractivity contribution in [1.29, 1.82) is 0 Å². The van der Waals surface area contributed by atoms with Crippen LogP contribution in [0.2, 0.25) is 0 Å². The van der Waals surface area contributed by atoms with E-state index < -0.39 is 5.54 Å². The molecule has 1 aromatic carbocycles. The number of hydrogen-bond acceptors (Lipinski definition) is 4. The van der Waals surface area contributed by atoms with Gasteiger partial charge in [-0.05, 0) is 32.0 Å². The van der Waals surface area contributed by atoms with Crippen LogP contribution < -0.4 is 10.1 Å². The van der Waals surface area contributed by atoms with Crippen molar-refractivity contribution < 1.29 is 14.3 Å². The number of carbonyl (C=O) groups excluding carboxylic acids is 2. The number of imide groups is 1. The van der Waals surface area contributed by atoms with Crippen LogP contribution in [0.3, 0.4) is 0 Å². The van der Waals surface area contributed by atoms with E-state index in [-0.39, 0.29) is 11.9 Å². The number of nitrogens with one attached hydrogen (secondary N) is 1. The Bertz CT molecular complexity index is 612. The molecule has 1 aliphatic heterocycles. The molecule has 6 heteroatoms. The maximum atomic E-state index is 13.0. The fourth-order valence-corrected chi connectivity index (χ4v) is 3.80. The highest BCUT2D eigenvalue weighted by atomic mass is 16.5. The molecule has 1 heterocycles. The van der Waals surface area contributed by atoms with Gasteiger partial charge in [0.2, 0.25) is 0 Å². The molecule has 3 rings (SSSR count). The summed E-state index contributed by atoms with van der Waals surface area (Å²) in [5.41, 5.74) is -0.668. The smallest absolute Gasteiger partial charge is 0.326 e. The van der Waals surface area contributed by atoms with Crippen molar-refractivity contribution in [2.45, 2.75) is 50.5 Å². The van der Waals surface area contributed by atoms with Gasteiger partial charge in [-0.3, -0.25) is 9.69 Å². The van der Waals surface area contributed by atoms with Gasteiger partial charge in [-0.2, -0.15) is 0 Å². The molecule has 0 atom stereocenters. The Labute approximate surface area is 155 Å². The quantitative estimate of drug-likeness (QED) is 0.793. The highest BCUT2D eigenvalue weighted by molar-refractivity contribution is 6.07. The zero-order valence-electron chi connectivity index (χ0n) is 15.6. The first kappa shape index (κ1) is 18.7.